The number of thiazole rings is 1. The van der Waals surface area contributed by atoms with Crippen LogP contribution in [0.15, 0.2) is 65.6 Å². The first-order chi connectivity index (χ1) is 18.9. The molecule has 0 unspecified atom stereocenters. The molecule has 40 heavy (non-hydrogen) atoms. The molecule has 0 saturated carbocycles. The highest BCUT2D eigenvalue weighted by Gasteiger charge is 2.30. The predicted octanol–water partition coefficient (Wildman–Crippen LogP) is 9.03. The van der Waals surface area contributed by atoms with E-state index in [1.807, 2.05) is 26.0 Å². The number of alkyl halides is 3. The molecule has 4 nitrogen and oxygen atoms in total. The summed E-state index contributed by atoms with van der Waals surface area (Å²) in [6.45, 7) is 3.38. The predicted molar refractivity (Wildman–Crippen MR) is 150 cm³/mol. The van der Waals surface area contributed by atoms with Crippen LogP contribution in [0.2, 0.25) is 5.02 Å². The number of hydrogen-bond acceptors (Lipinski definition) is 5. The molecule has 3 aromatic carbocycles. The number of carboxylic acids is 1. The maximum atomic E-state index is 14.4. The largest absolute Gasteiger partial charge is 0.482 e. The Morgan fingerprint density at radius 1 is 1.12 bits per heavy atom. The maximum absolute atomic E-state index is 14.4. The Balaban J connectivity index is 1.62. The number of carboxylic acid groups (broad SMARTS) is 1. The Bertz CT molecular complexity index is 1490. The molecule has 0 radical (unpaired) electrons. The second-order valence-corrected chi connectivity index (χ2v) is 11.8. The van der Waals surface area contributed by atoms with Gasteiger partial charge in [0.15, 0.2) is 6.61 Å². The first-order valence-electron chi connectivity index (χ1n) is 12.1. The monoisotopic (exact) mass is 609 g/mol. The standard InChI is InChI=1S/C29H24ClF4NO3S2/c1-16-14-20(10-13-25(16)38-15-26(36)37)39-17(2)27-24(12-11-21-22(30)4-3-5-23(21)31)35-28(40-27)18-6-8-19(9-7-18)29(32,33)34/h3-10,13-14,17H,11-12,15H2,1-2H3,(H,36,37)/t17-/m1/s1. The molecule has 0 saturated heterocycles. The van der Waals surface area contributed by atoms with Crippen LogP contribution in [-0.2, 0) is 23.8 Å². The van der Waals surface area contributed by atoms with Gasteiger partial charge in [0.2, 0.25) is 0 Å². The van der Waals surface area contributed by atoms with E-state index in [1.54, 1.807) is 23.9 Å². The summed E-state index contributed by atoms with van der Waals surface area (Å²) < 4.78 is 59.0. The molecule has 210 valence electrons. The molecule has 1 aromatic heterocycles. The van der Waals surface area contributed by atoms with E-state index in [-0.39, 0.29) is 5.25 Å². The second-order valence-electron chi connectivity index (χ2n) is 8.98. The van der Waals surface area contributed by atoms with Gasteiger partial charge >= 0.3 is 12.1 Å². The lowest BCUT2D eigenvalue weighted by Gasteiger charge is -2.14. The SMILES string of the molecule is Cc1cc(S[C@H](C)c2sc(-c3ccc(C(F)(F)F)cc3)nc2CCc2c(F)cccc2Cl)ccc1OCC(=O)O. The van der Waals surface area contributed by atoms with E-state index in [1.165, 1.54) is 35.6 Å². The maximum Gasteiger partial charge on any atom is 0.416 e. The molecule has 4 aromatic rings. The minimum absolute atomic E-state index is 0.100. The van der Waals surface area contributed by atoms with E-state index in [2.05, 4.69) is 0 Å². The Labute approximate surface area is 242 Å². The van der Waals surface area contributed by atoms with Crippen LogP contribution < -0.4 is 4.74 Å². The number of nitrogens with zero attached hydrogens (tertiary/aromatic N) is 1. The number of ether oxygens (including phenoxy) is 1. The number of halogens is 5. The first kappa shape index (κ1) is 29.9. The topological polar surface area (TPSA) is 59.4 Å². The lowest BCUT2D eigenvalue weighted by Crippen LogP contribution is -2.10. The number of hydrogen-bond donors (Lipinski definition) is 1. The molecule has 4 rings (SSSR count). The van der Waals surface area contributed by atoms with Crippen LogP contribution in [0.5, 0.6) is 5.75 Å². The summed E-state index contributed by atoms with van der Waals surface area (Å²) in [5, 5.41) is 9.65. The number of thioether (sulfide) groups is 1. The number of aromatic nitrogens is 1. The van der Waals surface area contributed by atoms with Gasteiger partial charge in [-0.2, -0.15) is 13.2 Å². The number of benzene rings is 3. The molecular weight excluding hydrogens is 586 g/mol. The minimum Gasteiger partial charge on any atom is -0.482 e. The van der Waals surface area contributed by atoms with Gasteiger partial charge in [-0.15, -0.1) is 23.1 Å². The van der Waals surface area contributed by atoms with Crippen LogP contribution in [0, 0.1) is 12.7 Å². The van der Waals surface area contributed by atoms with Crippen LogP contribution in [0.25, 0.3) is 10.6 Å². The Hall–Kier alpha value is -3.08. The van der Waals surface area contributed by atoms with Gasteiger partial charge in [0, 0.05) is 31.2 Å². The summed E-state index contributed by atoms with van der Waals surface area (Å²) in [6, 6.07) is 14.8. The van der Waals surface area contributed by atoms with E-state index >= 15 is 0 Å². The van der Waals surface area contributed by atoms with Gasteiger partial charge in [0.25, 0.3) is 0 Å². The van der Waals surface area contributed by atoms with Crippen LogP contribution in [0.3, 0.4) is 0 Å². The summed E-state index contributed by atoms with van der Waals surface area (Å²) in [5.41, 5.74) is 1.70. The van der Waals surface area contributed by atoms with Gasteiger partial charge in [-0.1, -0.05) is 29.8 Å². The van der Waals surface area contributed by atoms with Crippen LogP contribution >= 0.6 is 34.7 Å². The van der Waals surface area contributed by atoms with Crippen molar-refractivity contribution < 1.29 is 32.2 Å². The van der Waals surface area contributed by atoms with Gasteiger partial charge in [-0.3, -0.25) is 0 Å². The summed E-state index contributed by atoms with van der Waals surface area (Å²) in [4.78, 5) is 17.4. The van der Waals surface area contributed by atoms with Crippen LogP contribution in [0.1, 0.15) is 39.4 Å². The lowest BCUT2D eigenvalue weighted by atomic mass is 10.1. The molecule has 0 aliphatic carbocycles. The Morgan fingerprint density at radius 3 is 2.48 bits per heavy atom. The van der Waals surface area contributed by atoms with Crippen molar-refractivity contribution in [3.63, 3.8) is 0 Å². The number of aryl methyl sites for hydroxylation is 2. The summed E-state index contributed by atoms with van der Waals surface area (Å²) in [7, 11) is 0. The number of rotatable bonds is 10. The smallest absolute Gasteiger partial charge is 0.416 e. The summed E-state index contributed by atoms with van der Waals surface area (Å²) >= 11 is 9.16. The quantitative estimate of drug-likeness (QED) is 0.144. The fourth-order valence-corrected chi connectivity index (χ4v) is 6.69. The van der Waals surface area contributed by atoms with Crippen molar-refractivity contribution >= 4 is 40.7 Å². The third kappa shape index (κ3) is 7.35. The van der Waals surface area contributed by atoms with Gasteiger partial charge in [-0.25, -0.2) is 14.2 Å². The Kier molecular flexibility index (Phi) is 9.43. The molecule has 0 aliphatic rings. The summed E-state index contributed by atoms with van der Waals surface area (Å²) in [6.07, 6.45) is -3.74. The zero-order chi connectivity index (χ0) is 29.0. The summed E-state index contributed by atoms with van der Waals surface area (Å²) in [5.74, 6) is -0.996. The van der Waals surface area contributed by atoms with Crippen molar-refractivity contribution in [3.8, 4) is 16.3 Å². The molecule has 1 heterocycles. The van der Waals surface area contributed by atoms with Gasteiger partial charge in [0.1, 0.15) is 16.6 Å². The van der Waals surface area contributed by atoms with Crippen molar-refractivity contribution in [2.75, 3.05) is 6.61 Å². The van der Waals surface area contributed by atoms with E-state index in [0.29, 0.717) is 39.7 Å². The van der Waals surface area contributed by atoms with Crippen molar-refractivity contribution in [2.24, 2.45) is 0 Å². The second kappa shape index (κ2) is 12.6. The highest BCUT2D eigenvalue weighted by Crippen LogP contribution is 2.43. The zero-order valence-electron chi connectivity index (χ0n) is 21.4. The van der Waals surface area contributed by atoms with Crippen molar-refractivity contribution in [1.29, 1.82) is 0 Å². The Morgan fingerprint density at radius 2 is 1.85 bits per heavy atom. The van der Waals surface area contributed by atoms with E-state index in [9.17, 15) is 22.4 Å². The fraction of sp³-hybridized carbons (Fsp3) is 0.241. The van der Waals surface area contributed by atoms with E-state index < -0.39 is 30.1 Å². The first-order valence-corrected chi connectivity index (χ1v) is 14.2. The van der Waals surface area contributed by atoms with Crippen LogP contribution in [0.4, 0.5) is 17.6 Å². The minimum atomic E-state index is -4.44. The van der Waals surface area contributed by atoms with Gasteiger partial charge < -0.3 is 9.84 Å². The van der Waals surface area contributed by atoms with Gasteiger partial charge in [-0.05, 0) is 74.7 Å². The highest BCUT2D eigenvalue weighted by atomic mass is 35.5. The molecule has 1 atom stereocenters. The van der Waals surface area contributed by atoms with Gasteiger partial charge in [0.05, 0.1) is 11.3 Å². The number of aliphatic carboxylic acids is 1. The molecule has 11 heteroatoms. The number of carbonyl (C=O) groups is 1. The molecule has 0 amide bonds. The average Bonchev–Trinajstić information content (AvgIpc) is 3.32. The lowest BCUT2D eigenvalue weighted by molar-refractivity contribution is -0.139. The molecule has 0 fully saturated rings. The molecule has 0 bridgehead atoms. The average molecular weight is 610 g/mol. The normalized spacial score (nSPS) is 12.4. The molecule has 0 spiro atoms. The highest BCUT2D eigenvalue weighted by molar-refractivity contribution is 7.99. The third-order valence-corrected chi connectivity index (χ3v) is 8.99. The molecule has 0 aliphatic heterocycles. The zero-order valence-corrected chi connectivity index (χ0v) is 23.8. The van der Waals surface area contributed by atoms with E-state index in [4.69, 9.17) is 26.4 Å². The molecule has 1 N–H and O–H groups in total. The van der Waals surface area contributed by atoms with E-state index in [0.717, 1.165) is 33.2 Å². The fourth-order valence-electron chi connectivity index (χ4n) is 4.05. The van der Waals surface area contributed by atoms with Crippen molar-refractivity contribution in [2.45, 2.75) is 43.0 Å². The van der Waals surface area contributed by atoms with Crippen molar-refractivity contribution in [3.05, 3.63) is 98.8 Å². The third-order valence-electron chi connectivity index (χ3n) is 6.04. The van der Waals surface area contributed by atoms with Crippen molar-refractivity contribution in [1.82, 2.24) is 4.98 Å². The van der Waals surface area contributed by atoms with Crippen LogP contribution in [-0.4, -0.2) is 22.7 Å². The molecular formula is C29H24ClF4NO3S2.